The molecule has 1 heterocycles. The summed E-state index contributed by atoms with van der Waals surface area (Å²) in [5.74, 6) is 0.175. The molecule has 25 heavy (non-hydrogen) atoms. The number of piperidine rings is 1. The van der Waals surface area contributed by atoms with Crippen molar-refractivity contribution in [2.24, 2.45) is 5.92 Å². The number of amides is 2. The molecule has 0 aliphatic carbocycles. The highest BCUT2D eigenvalue weighted by atomic mass is 35.5. The van der Waals surface area contributed by atoms with E-state index < -0.39 is 0 Å². The first-order valence-electron chi connectivity index (χ1n) is 9.36. The lowest BCUT2D eigenvalue weighted by Crippen LogP contribution is -2.44. The Labute approximate surface area is 155 Å². The van der Waals surface area contributed by atoms with Crippen LogP contribution >= 0.6 is 11.6 Å². The van der Waals surface area contributed by atoms with Gasteiger partial charge in [-0.3, -0.25) is 9.59 Å². The molecule has 1 aromatic rings. The van der Waals surface area contributed by atoms with Gasteiger partial charge in [-0.2, -0.15) is 0 Å². The molecule has 0 radical (unpaired) electrons. The van der Waals surface area contributed by atoms with E-state index in [2.05, 4.69) is 19.2 Å². The number of rotatable bonds is 7. The van der Waals surface area contributed by atoms with E-state index in [0.29, 0.717) is 23.7 Å². The Morgan fingerprint density at radius 1 is 1.20 bits per heavy atom. The SMILES string of the molecule is CCCCCC(C)NC(=O)C1CCN(C(=O)c2ccc(Cl)cc2)CC1. The number of unbranched alkanes of at least 4 members (excludes halogenated alkanes) is 2. The molecule has 2 rings (SSSR count). The molecule has 1 N–H and O–H groups in total. The zero-order chi connectivity index (χ0) is 18.2. The monoisotopic (exact) mass is 364 g/mol. The highest BCUT2D eigenvalue weighted by Crippen LogP contribution is 2.20. The van der Waals surface area contributed by atoms with E-state index >= 15 is 0 Å². The van der Waals surface area contributed by atoms with Crippen LogP contribution in [0.15, 0.2) is 24.3 Å². The molecule has 1 aliphatic heterocycles. The van der Waals surface area contributed by atoms with Gasteiger partial charge in [-0.05, 0) is 50.5 Å². The lowest BCUT2D eigenvalue weighted by Gasteiger charge is -2.32. The van der Waals surface area contributed by atoms with Crippen LogP contribution in [0.2, 0.25) is 5.02 Å². The van der Waals surface area contributed by atoms with Crippen LogP contribution in [-0.2, 0) is 4.79 Å². The van der Waals surface area contributed by atoms with Crippen LogP contribution in [0.4, 0.5) is 0 Å². The molecule has 0 saturated carbocycles. The predicted octanol–water partition coefficient (Wildman–Crippen LogP) is 4.28. The Morgan fingerprint density at radius 3 is 2.44 bits per heavy atom. The van der Waals surface area contributed by atoms with Gasteiger partial charge in [0, 0.05) is 35.6 Å². The minimum absolute atomic E-state index is 0.0166. The molecule has 0 aromatic heterocycles. The Balaban J connectivity index is 1.77. The summed E-state index contributed by atoms with van der Waals surface area (Å²) in [6.07, 6.45) is 6.06. The molecule has 0 bridgehead atoms. The van der Waals surface area contributed by atoms with Crippen molar-refractivity contribution in [2.75, 3.05) is 13.1 Å². The van der Waals surface area contributed by atoms with Gasteiger partial charge in [0.2, 0.25) is 5.91 Å². The largest absolute Gasteiger partial charge is 0.353 e. The summed E-state index contributed by atoms with van der Waals surface area (Å²) in [7, 11) is 0. The van der Waals surface area contributed by atoms with E-state index in [1.807, 2.05) is 4.90 Å². The van der Waals surface area contributed by atoms with Crippen molar-refractivity contribution in [2.45, 2.75) is 58.4 Å². The number of hydrogen-bond acceptors (Lipinski definition) is 2. The molecule has 1 saturated heterocycles. The van der Waals surface area contributed by atoms with Gasteiger partial charge >= 0.3 is 0 Å². The molecular weight excluding hydrogens is 336 g/mol. The number of benzene rings is 1. The lowest BCUT2D eigenvalue weighted by molar-refractivity contribution is -0.126. The molecule has 2 amide bonds. The van der Waals surface area contributed by atoms with Crippen molar-refractivity contribution < 1.29 is 9.59 Å². The van der Waals surface area contributed by atoms with E-state index in [-0.39, 0.29) is 23.8 Å². The van der Waals surface area contributed by atoms with Gasteiger partial charge in [-0.1, -0.05) is 37.8 Å². The van der Waals surface area contributed by atoms with E-state index in [1.54, 1.807) is 24.3 Å². The lowest BCUT2D eigenvalue weighted by atomic mass is 9.95. The molecule has 1 aliphatic rings. The zero-order valence-corrected chi connectivity index (χ0v) is 16.0. The van der Waals surface area contributed by atoms with Crippen LogP contribution in [0.5, 0.6) is 0 Å². The number of likely N-dealkylation sites (tertiary alicyclic amines) is 1. The Hall–Kier alpha value is -1.55. The maximum Gasteiger partial charge on any atom is 0.253 e. The molecule has 1 atom stereocenters. The zero-order valence-electron chi connectivity index (χ0n) is 15.3. The smallest absolute Gasteiger partial charge is 0.253 e. The second kappa shape index (κ2) is 9.81. The molecule has 5 heteroatoms. The van der Waals surface area contributed by atoms with Gasteiger partial charge in [0.1, 0.15) is 0 Å². The third-order valence-corrected chi connectivity index (χ3v) is 5.13. The van der Waals surface area contributed by atoms with Crippen molar-refractivity contribution in [3.05, 3.63) is 34.9 Å². The fourth-order valence-corrected chi connectivity index (χ4v) is 3.38. The molecule has 4 nitrogen and oxygen atoms in total. The maximum absolute atomic E-state index is 12.5. The van der Waals surface area contributed by atoms with Crippen LogP contribution in [0.1, 0.15) is 62.7 Å². The summed E-state index contributed by atoms with van der Waals surface area (Å²) >= 11 is 5.87. The first kappa shape index (κ1) is 19.8. The first-order chi connectivity index (χ1) is 12.0. The number of hydrogen-bond donors (Lipinski definition) is 1. The van der Waals surface area contributed by atoms with E-state index in [4.69, 9.17) is 11.6 Å². The summed E-state index contributed by atoms with van der Waals surface area (Å²) in [5, 5.41) is 3.76. The quantitative estimate of drug-likeness (QED) is 0.734. The second-order valence-electron chi connectivity index (χ2n) is 6.98. The molecule has 138 valence electrons. The minimum atomic E-state index is 0.0166. The summed E-state index contributed by atoms with van der Waals surface area (Å²) in [6.45, 7) is 5.52. The molecular formula is C20H29ClN2O2. The predicted molar refractivity (Wildman–Crippen MR) is 102 cm³/mol. The highest BCUT2D eigenvalue weighted by molar-refractivity contribution is 6.30. The van der Waals surface area contributed by atoms with Crippen LogP contribution in [0.25, 0.3) is 0 Å². The van der Waals surface area contributed by atoms with Gasteiger partial charge < -0.3 is 10.2 Å². The fourth-order valence-electron chi connectivity index (χ4n) is 3.25. The first-order valence-corrected chi connectivity index (χ1v) is 9.74. The minimum Gasteiger partial charge on any atom is -0.353 e. The van der Waals surface area contributed by atoms with Crippen molar-refractivity contribution >= 4 is 23.4 Å². The normalized spacial score (nSPS) is 16.5. The average Bonchev–Trinajstić information content (AvgIpc) is 2.62. The van der Waals surface area contributed by atoms with E-state index in [1.165, 1.54) is 12.8 Å². The highest BCUT2D eigenvalue weighted by Gasteiger charge is 2.28. The number of nitrogens with one attached hydrogen (secondary N) is 1. The van der Waals surface area contributed by atoms with Gasteiger partial charge in [-0.15, -0.1) is 0 Å². The Bertz CT molecular complexity index is 566. The summed E-state index contributed by atoms with van der Waals surface area (Å²) in [4.78, 5) is 26.7. The van der Waals surface area contributed by atoms with E-state index in [9.17, 15) is 9.59 Å². The third-order valence-electron chi connectivity index (χ3n) is 4.87. The van der Waals surface area contributed by atoms with Gasteiger partial charge in [0.05, 0.1) is 0 Å². The maximum atomic E-state index is 12.5. The topological polar surface area (TPSA) is 49.4 Å². The number of carbonyl (C=O) groups is 2. The van der Waals surface area contributed by atoms with Crippen LogP contribution in [-0.4, -0.2) is 35.8 Å². The molecule has 1 unspecified atom stereocenters. The standard InChI is InChI=1S/C20H29ClN2O2/c1-3-4-5-6-15(2)22-19(24)16-11-13-23(14-12-16)20(25)17-7-9-18(21)10-8-17/h7-10,15-16H,3-6,11-14H2,1-2H3,(H,22,24). The van der Waals surface area contributed by atoms with Crippen molar-refractivity contribution in [3.8, 4) is 0 Å². The molecule has 1 fully saturated rings. The van der Waals surface area contributed by atoms with Gasteiger partial charge in [0.15, 0.2) is 0 Å². The molecule has 0 spiro atoms. The van der Waals surface area contributed by atoms with Crippen molar-refractivity contribution in [1.82, 2.24) is 10.2 Å². The van der Waals surface area contributed by atoms with E-state index in [0.717, 1.165) is 25.7 Å². The van der Waals surface area contributed by atoms with Crippen molar-refractivity contribution in [3.63, 3.8) is 0 Å². The number of halogens is 1. The third kappa shape index (κ3) is 6.03. The fraction of sp³-hybridized carbons (Fsp3) is 0.600. The van der Waals surface area contributed by atoms with Gasteiger partial charge in [0.25, 0.3) is 5.91 Å². The van der Waals surface area contributed by atoms with Crippen LogP contribution in [0, 0.1) is 5.92 Å². The summed E-state index contributed by atoms with van der Waals surface area (Å²) in [5.41, 5.74) is 0.650. The number of nitrogens with zero attached hydrogens (tertiary/aromatic N) is 1. The van der Waals surface area contributed by atoms with Crippen LogP contribution < -0.4 is 5.32 Å². The second-order valence-corrected chi connectivity index (χ2v) is 7.42. The summed E-state index contributed by atoms with van der Waals surface area (Å²) < 4.78 is 0. The molecule has 1 aromatic carbocycles. The van der Waals surface area contributed by atoms with Gasteiger partial charge in [-0.25, -0.2) is 0 Å². The average molecular weight is 365 g/mol. The Morgan fingerprint density at radius 2 is 1.84 bits per heavy atom. The van der Waals surface area contributed by atoms with Crippen molar-refractivity contribution in [1.29, 1.82) is 0 Å². The Kier molecular flexibility index (Phi) is 7.76. The number of carbonyl (C=O) groups excluding carboxylic acids is 2. The van der Waals surface area contributed by atoms with Crippen LogP contribution in [0.3, 0.4) is 0 Å². The summed E-state index contributed by atoms with van der Waals surface area (Å²) in [6, 6.07) is 7.19.